The highest BCUT2D eigenvalue weighted by Crippen LogP contribution is 2.18. The van der Waals surface area contributed by atoms with E-state index < -0.39 is 18.0 Å². The highest BCUT2D eigenvalue weighted by Gasteiger charge is 2.17. The van der Waals surface area contributed by atoms with Gasteiger partial charge in [-0.25, -0.2) is 14.2 Å². The molecule has 0 spiro atoms. The summed E-state index contributed by atoms with van der Waals surface area (Å²) in [6, 6.07) is 13.4. The Kier molecular flexibility index (Phi) is 10.6. The van der Waals surface area contributed by atoms with Crippen LogP contribution >= 0.6 is 11.6 Å². The van der Waals surface area contributed by atoms with Crippen molar-refractivity contribution in [2.24, 2.45) is 0 Å². The Hall–Kier alpha value is -3.76. The molecule has 2 aromatic carbocycles. The van der Waals surface area contributed by atoms with Gasteiger partial charge in [-0.15, -0.1) is 0 Å². The number of ether oxygens (including phenoxy) is 2. The average Bonchev–Trinajstić information content (AvgIpc) is 2.89. The number of benzene rings is 2. The van der Waals surface area contributed by atoms with Crippen molar-refractivity contribution in [2.45, 2.75) is 31.8 Å². The van der Waals surface area contributed by atoms with Crippen molar-refractivity contribution in [1.29, 1.82) is 0 Å². The maximum Gasteiger partial charge on any atom is 0.412 e. The molecular formula is C26H28ClFN4O5. The summed E-state index contributed by atoms with van der Waals surface area (Å²) in [6.45, 7) is -0.133. The minimum Gasteiger partial charge on any atom is -0.469 e. The number of hydrogen-bond acceptors (Lipinski definition) is 7. The number of esters is 1. The van der Waals surface area contributed by atoms with E-state index in [0.717, 1.165) is 10.8 Å². The van der Waals surface area contributed by atoms with E-state index in [1.807, 2.05) is 24.3 Å². The molecule has 3 rings (SSSR count). The first kappa shape index (κ1) is 27.8. The monoisotopic (exact) mass is 530 g/mol. The number of rotatable bonds is 12. The van der Waals surface area contributed by atoms with E-state index in [1.54, 1.807) is 24.4 Å². The molecule has 1 atom stereocenters. The van der Waals surface area contributed by atoms with Crippen LogP contribution in [0.15, 0.2) is 54.7 Å². The van der Waals surface area contributed by atoms with Gasteiger partial charge in [-0.05, 0) is 30.4 Å². The summed E-state index contributed by atoms with van der Waals surface area (Å²) in [5.41, 5.74) is 0.331. The largest absolute Gasteiger partial charge is 0.469 e. The molecule has 0 unspecified atom stereocenters. The third kappa shape index (κ3) is 9.00. The van der Waals surface area contributed by atoms with Crippen LogP contribution in [0.25, 0.3) is 10.8 Å². The smallest absolute Gasteiger partial charge is 0.412 e. The molecule has 0 saturated carbocycles. The number of carbonyl (C=O) groups is 3. The lowest BCUT2D eigenvalue weighted by Gasteiger charge is -2.19. The van der Waals surface area contributed by atoms with Gasteiger partial charge in [0, 0.05) is 30.1 Å². The molecule has 196 valence electrons. The molecule has 0 aliphatic heterocycles. The number of anilines is 1. The summed E-state index contributed by atoms with van der Waals surface area (Å²) >= 11 is 5.78. The molecule has 3 aromatic rings. The van der Waals surface area contributed by atoms with Crippen LogP contribution in [-0.2, 0) is 25.6 Å². The van der Waals surface area contributed by atoms with E-state index in [-0.39, 0.29) is 43.0 Å². The second-order valence-corrected chi connectivity index (χ2v) is 8.60. The second-order valence-electron chi connectivity index (χ2n) is 8.19. The number of aromatic nitrogens is 1. The molecule has 0 aliphatic rings. The van der Waals surface area contributed by atoms with E-state index in [0.29, 0.717) is 24.2 Å². The van der Waals surface area contributed by atoms with Gasteiger partial charge in [-0.1, -0.05) is 48.0 Å². The maximum atomic E-state index is 14.0. The lowest BCUT2D eigenvalue weighted by molar-refractivity contribution is -0.140. The number of hydrogen-bond donors (Lipinski definition) is 3. The molecule has 1 heterocycles. The standard InChI is InChI=1S/C26H28ClFN4O5/c1-36-24(34)11-5-9-20(31-23(33)15-29-13-19-8-4-10-21(27)25(19)28)16-37-26(35)32-22-12-17-6-2-3-7-18(17)14-30-22/h2-4,6-8,10,12,14,20,29H,5,9,11,13,15-16H2,1H3,(H,31,33)(H,30,32,35)/t20-/m0/s1. The van der Waals surface area contributed by atoms with Gasteiger partial charge in [0.15, 0.2) is 0 Å². The number of methoxy groups -OCH3 is 1. The quantitative estimate of drug-likeness (QED) is 0.300. The van der Waals surface area contributed by atoms with E-state index in [4.69, 9.17) is 16.3 Å². The average molecular weight is 531 g/mol. The Morgan fingerprint density at radius 3 is 2.68 bits per heavy atom. The van der Waals surface area contributed by atoms with E-state index >= 15 is 0 Å². The Labute approximate surface area is 218 Å². The zero-order chi connectivity index (χ0) is 26.6. The summed E-state index contributed by atoms with van der Waals surface area (Å²) in [5.74, 6) is -0.979. The van der Waals surface area contributed by atoms with Crippen LogP contribution in [-0.4, -0.2) is 49.3 Å². The predicted molar refractivity (Wildman–Crippen MR) is 138 cm³/mol. The van der Waals surface area contributed by atoms with Gasteiger partial charge in [0.25, 0.3) is 0 Å². The van der Waals surface area contributed by atoms with Gasteiger partial charge < -0.3 is 20.1 Å². The highest BCUT2D eigenvalue weighted by atomic mass is 35.5. The van der Waals surface area contributed by atoms with Crippen molar-refractivity contribution < 1.29 is 28.2 Å². The molecule has 0 saturated heterocycles. The zero-order valence-corrected chi connectivity index (χ0v) is 21.0. The van der Waals surface area contributed by atoms with Crippen LogP contribution in [0.2, 0.25) is 5.02 Å². The fourth-order valence-corrected chi connectivity index (χ4v) is 3.73. The summed E-state index contributed by atoms with van der Waals surface area (Å²) in [4.78, 5) is 40.4. The number of halogens is 2. The molecule has 0 aliphatic carbocycles. The second kappa shape index (κ2) is 14.1. The van der Waals surface area contributed by atoms with Crippen LogP contribution in [0, 0.1) is 5.82 Å². The van der Waals surface area contributed by atoms with E-state index in [1.165, 1.54) is 13.2 Å². The molecule has 0 radical (unpaired) electrons. The highest BCUT2D eigenvalue weighted by molar-refractivity contribution is 6.30. The van der Waals surface area contributed by atoms with Crippen LogP contribution in [0.3, 0.4) is 0 Å². The number of pyridine rings is 1. The molecule has 0 bridgehead atoms. The van der Waals surface area contributed by atoms with Crippen molar-refractivity contribution in [2.75, 3.05) is 25.6 Å². The third-order valence-electron chi connectivity index (χ3n) is 5.44. The van der Waals surface area contributed by atoms with Crippen molar-refractivity contribution in [3.8, 4) is 0 Å². The van der Waals surface area contributed by atoms with E-state index in [2.05, 4.69) is 25.7 Å². The summed E-state index contributed by atoms with van der Waals surface area (Å²) in [5, 5.41) is 10.0. The third-order valence-corrected chi connectivity index (χ3v) is 5.73. The SMILES string of the molecule is COC(=O)CCC[C@@H](COC(=O)Nc1cc2ccccc2cn1)NC(=O)CNCc1cccc(Cl)c1F. The number of nitrogens with one attached hydrogen (secondary N) is 3. The fourth-order valence-electron chi connectivity index (χ4n) is 3.54. The lowest BCUT2D eigenvalue weighted by atomic mass is 10.1. The minimum absolute atomic E-state index is 0.00346. The van der Waals surface area contributed by atoms with Gasteiger partial charge in [0.05, 0.1) is 24.7 Å². The molecule has 0 fully saturated rings. The molecule has 37 heavy (non-hydrogen) atoms. The lowest BCUT2D eigenvalue weighted by Crippen LogP contribution is -2.43. The normalized spacial score (nSPS) is 11.5. The van der Waals surface area contributed by atoms with Crippen molar-refractivity contribution in [1.82, 2.24) is 15.6 Å². The Balaban J connectivity index is 1.50. The molecule has 3 N–H and O–H groups in total. The molecule has 11 heteroatoms. The summed E-state index contributed by atoms with van der Waals surface area (Å²) < 4.78 is 24.0. The van der Waals surface area contributed by atoms with Crippen LogP contribution in [0.1, 0.15) is 24.8 Å². The number of nitrogens with zero attached hydrogens (tertiary/aromatic N) is 1. The first-order chi connectivity index (χ1) is 17.9. The van der Waals surface area contributed by atoms with Gasteiger partial charge in [-0.2, -0.15) is 0 Å². The van der Waals surface area contributed by atoms with Gasteiger partial charge in [0.1, 0.15) is 18.2 Å². The number of fused-ring (bicyclic) bond motifs is 1. The van der Waals surface area contributed by atoms with Crippen LogP contribution in [0.4, 0.5) is 15.0 Å². The first-order valence-corrected chi connectivity index (χ1v) is 12.0. The van der Waals surface area contributed by atoms with Crippen molar-refractivity contribution in [3.05, 3.63) is 71.1 Å². The van der Waals surface area contributed by atoms with Crippen molar-refractivity contribution >= 4 is 46.2 Å². The maximum absolute atomic E-state index is 14.0. The van der Waals surface area contributed by atoms with Crippen LogP contribution < -0.4 is 16.0 Å². The number of amides is 2. The molecular weight excluding hydrogens is 503 g/mol. The zero-order valence-electron chi connectivity index (χ0n) is 20.3. The predicted octanol–water partition coefficient (Wildman–Crippen LogP) is 4.19. The van der Waals surface area contributed by atoms with Gasteiger partial charge in [0.2, 0.25) is 5.91 Å². The summed E-state index contributed by atoms with van der Waals surface area (Å²) in [7, 11) is 1.30. The molecule has 2 amide bonds. The van der Waals surface area contributed by atoms with E-state index in [9.17, 15) is 18.8 Å². The van der Waals surface area contributed by atoms with Crippen molar-refractivity contribution in [3.63, 3.8) is 0 Å². The van der Waals surface area contributed by atoms with Crippen LogP contribution in [0.5, 0.6) is 0 Å². The van der Waals surface area contributed by atoms with Gasteiger partial charge >= 0.3 is 12.1 Å². The topological polar surface area (TPSA) is 119 Å². The molecule has 9 nitrogen and oxygen atoms in total. The Morgan fingerprint density at radius 1 is 1.11 bits per heavy atom. The van der Waals surface area contributed by atoms with Gasteiger partial charge in [-0.3, -0.25) is 14.9 Å². The molecule has 1 aromatic heterocycles. The minimum atomic E-state index is -0.732. The Morgan fingerprint density at radius 2 is 1.89 bits per heavy atom. The fraction of sp³-hybridized carbons (Fsp3) is 0.308. The summed E-state index contributed by atoms with van der Waals surface area (Å²) in [6.07, 6.45) is 1.84. The number of carbonyl (C=O) groups excluding carboxylic acids is 3. The Bertz CT molecular complexity index is 1240. The first-order valence-electron chi connectivity index (χ1n) is 11.6.